The third kappa shape index (κ3) is 4.87. The summed E-state index contributed by atoms with van der Waals surface area (Å²) in [6.07, 6.45) is 2.11. The number of carbonyl (C=O) groups excluding carboxylic acids is 1. The van der Waals surface area contributed by atoms with Crippen LogP contribution in [0.25, 0.3) is 11.3 Å². The van der Waals surface area contributed by atoms with Crippen molar-refractivity contribution in [3.8, 4) is 17.1 Å². The van der Waals surface area contributed by atoms with Crippen molar-refractivity contribution in [2.24, 2.45) is 5.92 Å². The number of aromatic nitrogens is 2. The predicted molar refractivity (Wildman–Crippen MR) is 142 cm³/mol. The third-order valence-corrected chi connectivity index (χ3v) is 7.77. The van der Waals surface area contributed by atoms with Crippen LogP contribution in [-0.4, -0.2) is 64.5 Å². The van der Waals surface area contributed by atoms with E-state index < -0.39 is 0 Å². The Kier molecular flexibility index (Phi) is 6.80. The molecule has 1 aromatic heterocycles. The standard InChI is InChI=1S/C30H36N4O2/c1-19-9-6-12-23(15-19)30(35)34-17-26-24(13-8-14-33(26)5)27(18-34)36-28-16-25(31-22(4)32-28)29-20(2)10-7-11-21(29)3/h6-7,9-12,15-16,24,26-27H,8,13-14,17-18H2,1-5H3. The van der Waals surface area contributed by atoms with E-state index in [0.29, 0.717) is 24.2 Å². The molecule has 0 bridgehead atoms. The molecule has 0 saturated carbocycles. The smallest absolute Gasteiger partial charge is 0.254 e. The number of hydrogen-bond acceptors (Lipinski definition) is 5. The Hall–Kier alpha value is -3.25. The van der Waals surface area contributed by atoms with Gasteiger partial charge in [0, 0.05) is 35.7 Å². The van der Waals surface area contributed by atoms with Crippen molar-refractivity contribution in [3.05, 3.63) is 76.6 Å². The minimum atomic E-state index is -0.125. The minimum Gasteiger partial charge on any atom is -0.472 e. The first kappa shape index (κ1) is 24.4. The lowest BCUT2D eigenvalue weighted by Crippen LogP contribution is -2.62. The van der Waals surface area contributed by atoms with Crippen LogP contribution < -0.4 is 4.74 Å². The lowest BCUT2D eigenvalue weighted by molar-refractivity contribution is -0.0356. The maximum absolute atomic E-state index is 13.5. The van der Waals surface area contributed by atoms with Crippen molar-refractivity contribution in [1.82, 2.24) is 19.8 Å². The summed E-state index contributed by atoms with van der Waals surface area (Å²) in [5.41, 5.74) is 6.20. The summed E-state index contributed by atoms with van der Waals surface area (Å²) in [4.78, 5) is 27.3. The zero-order valence-corrected chi connectivity index (χ0v) is 22.0. The number of likely N-dealkylation sites (tertiary alicyclic amines) is 2. The van der Waals surface area contributed by atoms with Gasteiger partial charge in [0.05, 0.1) is 12.2 Å². The first-order chi connectivity index (χ1) is 17.3. The van der Waals surface area contributed by atoms with Crippen molar-refractivity contribution in [2.45, 2.75) is 52.7 Å². The van der Waals surface area contributed by atoms with E-state index in [0.717, 1.165) is 48.3 Å². The van der Waals surface area contributed by atoms with Crippen LogP contribution in [-0.2, 0) is 0 Å². The predicted octanol–water partition coefficient (Wildman–Crippen LogP) is 4.99. The van der Waals surface area contributed by atoms with E-state index in [4.69, 9.17) is 9.72 Å². The first-order valence-electron chi connectivity index (χ1n) is 13.0. The van der Waals surface area contributed by atoms with E-state index in [2.05, 4.69) is 49.0 Å². The topological polar surface area (TPSA) is 58.6 Å². The van der Waals surface area contributed by atoms with Gasteiger partial charge in [-0.15, -0.1) is 0 Å². The van der Waals surface area contributed by atoms with Crippen LogP contribution in [0, 0.1) is 33.6 Å². The number of amides is 1. The molecule has 3 heterocycles. The maximum atomic E-state index is 13.5. The Morgan fingerprint density at radius 1 is 0.972 bits per heavy atom. The van der Waals surface area contributed by atoms with Crippen LogP contribution in [0.3, 0.4) is 0 Å². The van der Waals surface area contributed by atoms with E-state index in [1.165, 1.54) is 11.1 Å². The summed E-state index contributed by atoms with van der Waals surface area (Å²) in [6.45, 7) is 10.5. The lowest BCUT2D eigenvalue weighted by atomic mass is 9.81. The van der Waals surface area contributed by atoms with E-state index in [9.17, 15) is 4.79 Å². The Balaban J connectivity index is 1.46. The zero-order valence-electron chi connectivity index (χ0n) is 22.0. The van der Waals surface area contributed by atoms with Gasteiger partial charge in [0.2, 0.25) is 5.88 Å². The zero-order chi connectivity index (χ0) is 25.4. The van der Waals surface area contributed by atoms with Crippen molar-refractivity contribution in [1.29, 1.82) is 0 Å². The third-order valence-electron chi connectivity index (χ3n) is 7.77. The van der Waals surface area contributed by atoms with Gasteiger partial charge in [0.15, 0.2) is 0 Å². The molecule has 0 spiro atoms. The van der Waals surface area contributed by atoms with Gasteiger partial charge in [0.25, 0.3) is 5.91 Å². The molecule has 3 atom stereocenters. The molecule has 0 aliphatic carbocycles. The molecule has 3 aromatic rings. The molecule has 188 valence electrons. The van der Waals surface area contributed by atoms with E-state index in [-0.39, 0.29) is 18.1 Å². The van der Waals surface area contributed by atoms with E-state index in [1.807, 2.05) is 49.1 Å². The molecule has 2 aliphatic heterocycles. The van der Waals surface area contributed by atoms with E-state index >= 15 is 0 Å². The number of benzene rings is 2. The van der Waals surface area contributed by atoms with Gasteiger partial charge in [-0.1, -0.05) is 35.9 Å². The van der Waals surface area contributed by atoms with E-state index in [1.54, 1.807) is 0 Å². The number of aryl methyl sites for hydroxylation is 4. The molecule has 6 nitrogen and oxygen atoms in total. The van der Waals surface area contributed by atoms with Gasteiger partial charge in [-0.25, -0.2) is 4.98 Å². The van der Waals surface area contributed by atoms with Gasteiger partial charge in [-0.2, -0.15) is 4.98 Å². The fourth-order valence-electron chi connectivity index (χ4n) is 5.98. The normalized spacial score (nSPS) is 22.2. The van der Waals surface area contributed by atoms with Crippen LogP contribution in [0.1, 0.15) is 45.7 Å². The molecule has 2 fully saturated rings. The van der Waals surface area contributed by atoms with Gasteiger partial charge >= 0.3 is 0 Å². The van der Waals surface area contributed by atoms with Gasteiger partial charge < -0.3 is 14.5 Å². The Bertz CT molecular complexity index is 1250. The fraction of sp³-hybridized carbons (Fsp3) is 0.433. The summed E-state index contributed by atoms with van der Waals surface area (Å²) in [5, 5.41) is 0. The molecule has 0 N–H and O–H groups in total. The Morgan fingerprint density at radius 2 is 1.72 bits per heavy atom. The summed E-state index contributed by atoms with van der Waals surface area (Å²) in [7, 11) is 2.17. The SMILES string of the molecule is Cc1cccc(C(=O)N2CC(Oc3cc(-c4c(C)cccc4C)nc(C)n3)C3CCCN(C)C3C2)c1. The number of hydrogen-bond donors (Lipinski definition) is 0. The number of carbonyl (C=O) groups is 1. The molecule has 6 heteroatoms. The number of ether oxygens (including phenoxy) is 1. The van der Waals surface area contributed by atoms with Gasteiger partial charge in [-0.05, 0) is 77.4 Å². The molecule has 2 aromatic carbocycles. The van der Waals surface area contributed by atoms with Crippen molar-refractivity contribution < 1.29 is 9.53 Å². The number of nitrogens with zero attached hydrogens (tertiary/aromatic N) is 4. The lowest BCUT2D eigenvalue weighted by Gasteiger charge is -2.49. The first-order valence-corrected chi connectivity index (χ1v) is 13.0. The highest BCUT2D eigenvalue weighted by atomic mass is 16.5. The van der Waals surface area contributed by atoms with Crippen molar-refractivity contribution >= 4 is 5.91 Å². The van der Waals surface area contributed by atoms with Crippen molar-refractivity contribution in [2.75, 3.05) is 26.7 Å². The fourth-order valence-corrected chi connectivity index (χ4v) is 5.98. The monoisotopic (exact) mass is 484 g/mol. The second-order valence-electron chi connectivity index (χ2n) is 10.5. The summed E-state index contributed by atoms with van der Waals surface area (Å²) in [5.74, 6) is 1.69. The highest BCUT2D eigenvalue weighted by Crippen LogP contribution is 2.34. The van der Waals surface area contributed by atoms with Crippen LogP contribution in [0.5, 0.6) is 5.88 Å². The summed E-state index contributed by atoms with van der Waals surface area (Å²) in [6, 6.07) is 16.4. The van der Waals surface area contributed by atoms with Crippen LogP contribution in [0.15, 0.2) is 48.5 Å². The molecule has 2 saturated heterocycles. The quantitative estimate of drug-likeness (QED) is 0.522. The van der Waals surface area contributed by atoms with Gasteiger partial charge in [0.1, 0.15) is 11.9 Å². The average molecular weight is 485 g/mol. The highest BCUT2D eigenvalue weighted by Gasteiger charge is 2.43. The number of likely N-dealkylation sites (N-methyl/N-ethyl adjacent to an activating group) is 1. The van der Waals surface area contributed by atoms with Crippen LogP contribution >= 0.6 is 0 Å². The molecular formula is C30H36N4O2. The molecule has 2 aliphatic rings. The summed E-state index contributed by atoms with van der Waals surface area (Å²) >= 11 is 0. The van der Waals surface area contributed by atoms with Crippen LogP contribution in [0.2, 0.25) is 0 Å². The van der Waals surface area contributed by atoms with Crippen molar-refractivity contribution in [3.63, 3.8) is 0 Å². The molecular weight excluding hydrogens is 448 g/mol. The Morgan fingerprint density at radius 3 is 2.47 bits per heavy atom. The van der Waals surface area contributed by atoms with Gasteiger partial charge in [-0.3, -0.25) is 4.79 Å². The highest BCUT2D eigenvalue weighted by molar-refractivity contribution is 5.94. The number of rotatable bonds is 4. The Labute approximate surface area is 214 Å². The minimum absolute atomic E-state index is 0.0693. The van der Waals surface area contributed by atoms with Crippen LogP contribution in [0.4, 0.5) is 0 Å². The molecule has 0 radical (unpaired) electrons. The molecule has 1 amide bonds. The molecule has 3 unspecified atom stereocenters. The average Bonchev–Trinajstić information content (AvgIpc) is 2.83. The summed E-state index contributed by atoms with van der Waals surface area (Å²) < 4.78 is 6.66. The molecule has 36 heavy (non-hydrogen) atoms. The maximum Gasteiger partial charge on any atom is 0.254 e. The largest absolute Gasteiger partial charge is 0.472 e. The number of fused-ring (bicyclic) bond motifs is 1. The number of piperidine rings is 2. The molecule has 5 rings (SSSR count). The second-order valence-corrected chi connectivity index (χ2v) is 10.5. The second kappa shape index (κ2) is 10.0.